The quantitative estimate of drug-likeness (QED) is 0.132. The molecular formula is C34H46O8. The van der Waals surface area contributed by atoms with Gasteiger partial charge in [0.2, 0.25) is 0 Å². The first-order chi connectivity index (χ1) is 19.2. The van der Waals surface area contributed by atoms with Crippen LogP contribution in [0.1, 0.15) is 118 Å². The molecule has 1 aliphatic carbocycles. The van der Waals surface area contributed by atoms with Gasteiger partial charge in [-0.2, -0.15) is 0 Å². The summed E-state index contributed by atoms with van der Waals surface area (Å²) in [7, 11) is 0. The minimum absolute atomic E-state index is 0.0234. The highest BCUT2D eigenvalue weighted by Crippen LogP contribution is 2.58. The largest absolute Gasteiger partial charge is 0.460 e. The third-order valence-electron chi connectivity index (χ3n) is 7.85. The van der Waals surface area contributed by atoms with Crippen molar-refractivity contribution in [1.82, 2.24) is 0 Å². The van der Waals surface area contributed by atoms with E-state index in [1.807, 2.05) is 27.7 Å². The fourth-order valence-corrected chi connectivity index (χ4v) is 5.63. The third-order valence-corrected chi connectivity index (χ3v) is 7.85. The molecule has 0 saturated heterocycles. The summed E-state index contributed by atoms with van der Waals surface area (Å²) in [5, 5.41) is 0. The Labute approximate surface area is 249 Å². The number of hydrogen-bond donors (Lipinski definition) is 0. The van der Waals surface area contributed by atoms with Crippen molar-refractivity contribution in [3.63, 3.8) is 0 Å². The van der Waals surface area contributed by atoms with E-state index in [1.54, 1.807) is 55.4 Å². The SMILES string of the molecule is CC(C)CC(=O)c1c(OC(=O)C(C)C)cc2c(c1OC(=O)C(C)C)C(CC(C)C)C1=C(O2)C(C)(C)C(=O)C(C)(C)C1=O. The maximum absolute atomic E-state index is 14.1. The normalized spacial score (nSPS) is 19.2. The van der Waals surface area contributed by atoms with Crippen molar-refractivity contribution < 1.29 is 38.2 Å². The van der Waals surface area contributed by atoms with Crippen molar-refractivity contribution in [3.8, 4) is 17.2 Å². The first kappa shape index (κ1) is 33.2. The van der Waals surface area contributed by atoms with E-state index >= 15 is 0 Å². The second-order valence-electron chi connectivity index (χ2n) is 14.1. The number of carbonyl (C=O) groups is 5. The molecule has 42 heavy (non-hydrogen) atoms. The summed E-state index contributed by atoms with van der Waals surface area (Å²) in [6, 6.07) is 1.47. The van der Waals surface area contributed by atoms with Crippen molar-refractivity contribution in [2.45, 2.75) is 102 Å². The number of carbonyl (C=O) groups excluding carboxylic acids is 5. The van der Waals surface area contributed by atoms with E-state index in [1.165, 1.54) is 6.07 Å². The van der Waals surface area contributed by atoms with Crippen LogP contribution in [-0.2, 0) is 19.2 Å². The number of Topliss-reactive ketones (excluding diaryl/α,β-unsaturated/α-hetero) is 3. The van der Waals surface area contributed by atoms with Gasteiger partial charge in [-0.1, -0.05) is 55.4 Å². The standard InChI is InChI=1S/C34H46O8/c1-16(2)13-20-24-22(40-29-25(20)28(36)33(9,10)32(39)34(29,11)12)15-23(41-30(37)18(5)6)26(21(35)14-17(3)4)27(24)42-31(38)19(7)8/h15-20H,13-14H2,1-12H3. The molecule has 1 unspecified atom stereocenters. The number of benzene rings is 1. The summed E-state index contributed by atoms with van der Waals surface area (Å²) in [5.74, 6) is -3.51. The Morgan fingerprint density at radius 3 is 1.88 bits per heavy atom. The van der Waals surface area contributed by atoms with E-state index < -0.39 is 40.5 Å². The molecule has 1 aromatic rings. The molecule has 0 N–H and O–H groups in total. The van der Waals surface area contributed by atoms with Crippen LogP contribution < -0.4 is 14.2 Å². The summed E-state index contributed by atoms with van der Waals surface area (Å²) in [4.78, 5) is 67.5. The Balaban J connectivity index is 2.51. The molecule has 8 nitrogen and oxygen atoms in total. The maximum atomic E-state index is 14.1. The summed E-state index contributed by atoms with van der Waals surface area (Å²) in [5.41, 5.74) is -1.75. The van der Waals surface area contributed by atoms with Gasteiger partial charge in [0.15, 0.2) is 23.1 Å². The molecule has 2 aliphatic rings. The lowest BCUT2D eigenvalue weighted by Crippen LogP contribution is -2.51. The van der Waals surface area contributed by atoms with Gasteiger partial charge in [-0.25, -0.2) is 0 Å². The molecule has 3 rings (SSSR count). The van der Waals surface area contributed by atoms with Gasteiger partial charge in [0, 0.05) is 29.5 Å². The lowest BCUT2D eigenvalue weighted by molar-refractivity contribution is -0.145. The Hall–Kier alpha value is -3.29. The molecule has 0 saturated carbocycles. The van der Waals surface area contributed by atoms with Crippen molar-refractivity contribution >= 4 is 29.3 Å². The van der Waals surface area contributed by atoms with Crippen LogP contribution in [0.2, 0.25) is 0 Å². The predicted octanol–water partition coefficient (Wildman–Crippen LogP) is 7.02. The summed E-state index contributed by atoms with van der Waals surface area (Å²) in [6.45, 7) is 21.2. The number of rotatable bonds is 9. The molecule has 0 amide bonds. The highest BCUT2D eigenvalue weighted by Gasteiger charge is 2.57. The van der Waals surface area contributed by atoms with E-state index in [4.69, 9.17) is 14.2 Å². The minimum atomic E-state index is -1.31. The van der Waals surface area contributed by atoms with Crippen LogP contribution in [0.5, 0.6) is 17.2 Å². The van der Waals surface area contributed by atoms with Crippen molar-refractivity contribution in [2.24, 2.45) is 34.5 Å². The van der Waals surface area contributed by atoms with Gasteiger partial charge in [0.1, 0.15) is 22.8 Å². The number of ether oxygens (including phenoxy) is 3. The molecule has 0 aromatic heterocycles. The molecule has 0 radical (unpaired) electrons. The fourth-order valence-electron chi connectivity index (χ4n) is 5.63. The zero-order valence-corrected chi connectivity index (χ0v) is 27.1. The van der Waals surface area contributed by atoms with Crippen LogP contribution in [-0.4, -0.2) is 29.3 Å². The topological polar surface area (TPSA) is 113 Å². The average molecular weight is 583 g/mol. The second kappa shape index (κ2) is 11.8. The molecule has 1 heterocycles. The number of hydrogen-bond acceptors (Lipinski definition) is 8. The van der Waals surface area contributed by atoms with Gasteiger partial charge in [-0.15, -0.1) is 0 Å². The first-order valence-electron chi connectivity index (χ1n) is 14.9. The number of ketones is 3. The highest BCUT2D eigenvalue weighted by atomic mass is 16.6. The Kier molecular flexibility index (Phi) is 9.31. The molecule has 1 atom stereocenters. The average Bonchev–Trinajstić information content (AvgIpc) is 2.85. The van der Waals surface area contributed by atoms with Crippen molar-refractivity contribution in [2.75, 3.05) is 0 Å². The van der Waals surface area contributed by atoms with Crippen LogP contribution in [0.25, 0.3) is 0 Å². The van der Waals surface area contributed by atoms with Gasteiger partial charge in [0.05, 0.1) is 22.7 Å². The molecule has 1 aromatic carbocycles. The molecule has 0 bridgehead atoms. The molecule has 1 aliphatic heterocycles. The van der Waals surface area contributed by atoms with Gasteiger partial charge < -0.3 is 14.2 Å². The van der Waals surface area contributed by atoms with E-state index in [0.717, 1.165) is 0 Å². The summed E-state index contributed by atoms with van der Waals surface area (Å²) < 4.78 is 18.2. The predicted molar refractivity (Wildman–Crippen MR) is 159 cm³/mol. The van der Waals surface area contributed by atoms with E-state index in [0.29, 0.717) is 17.6 Å². The van der Waals surface area contributed by atoms with Gasteiger partial charge in [-0.3, -0.25) is 24.0 Å². The molecule has 8 heteroatoms. The van der Waals surface area contributed by atoms with Crippen LogP contribution >= 0.6 is 0 Å². The van der Waals surface area contributed by atoms with E-state index in [9.17, 15) is 24.0 Å². The minimum Gasteiger partial charge on any atom is -0.460 e. The Morgan fingerprint density at radius 2 is 1.38 bits per heavy atom. The molecule has 0 fully saturated rings. The molecule has 230 valence electrons. The molecule has 0 spiro atoms. The van der Waals surface area contributed by atoms with Gasteiger partial charge >= 0.3 is 11.9 Å². The number of allylic oxidation sites excluding steroid dienone is 2. The number of fused-ring (bicyclic) bond motifs is 1. The van der Waals surface area contributed by atoms with E-state index in [-0.39, 0.29) is 64.2 Å². The van der Waals surface area contributed by atoms with Crippen LogP contribution in [0.3, 0.4) is 0 Å². The van der Waals surface area contributed by atoms with Crippen LogP contribution in [0, 0.1) is 34.5 Å². The van der Waals surface area contributed by atoms with Gasteiger partial charge in [-0.05, 0) is 46.0 Å². The zero-order valence-electron chi connectivity index (χ0n) is 27.1. The maximum Gasteiger partial charge on any atom is 0.313 e. The Bertz CT molecular complexity index is 1350. The zero-order chi connectivity index (χ0) is 32.1. The van der Waals surface area contributed by atoms with Crippen molar-refractivity contribution in [1.29, 1.82) is 0 Å². The fraction of sp³-hybridized carbons (Fsp3) is 0.618. The summed E-state index contributed by atoms with van der Waals surface area (Å²) in [6.07, 6.45) is 0.560. The lowest BCUT2D eigenvalue weighted by atomic mass is 9.59. The lowest BCUT2D eigenvalue weighted by Gasteiger charge is -2.45. The smallest absolute Gasteiger partial charge is 0.313 e. The van der Waals surface area contributed by atoms with Crippen LogP contribution in [0.15, 0.2) is 17.4 Å². The van der Waals surface area contributed by atoms with Gasteiger partial charge in [0.25, 0.3) is 0 Å². The third kappa shape index (κ3) is 5.95. The first-order valence-corrected chi connectivity index (χ1v) is 14.9. The van der Waals surface area contributed by atoms with E-state index in [2.05, 4.69) is 0 Å². The molecular weight excluding hydrogens is 536 g/mol. The Morgan fingerprint density at radius 1 is 0.833 bits per heavy atom. The monoisotopic (exact) mass is 582 g/mol. The summed E-state index contributed by atoms with van der Waals surface area (Å²) >= 11 is 0. The second-order valence-corrected chi connectivity index (χ2v) is 14.1. The highest BCUT2D eigenvalue weighted by molar-refractivity contribution is 6.20. The van der Waals surface area contributed by atoms with Crippen molar-refractivity contribution in [3.05, 3.63) is 28.5 Å². The number of esters is 2. The van der Waals surface area contributed by atoms with Crippen LogP contribution in [0.4, 0.5) is 0 Å².